The van der Waals surface area contributed by atoms with Crippen molar-refractivity contribution in [2.45, 2.75) is 55.9 Å². The molecule has 0 radical (unpaired) electrons. The molecule has 2 aliphatic carbocycles. The fourth-order valence-corrected chi connectivity index (χ4v) is 2.50. The molecular formula is C13H18N2O4S. The van der Waals surface area contributed by atoms with Gasteiger partial charge in [-0.15, -0.1) is 0 Å². The van der Waals surface area contributed by atoms with Gasteiger partial charge in [0, 0.05) is 6.26 Å². The van der Waals surface area contributed by atoms with Crippen LogP contribution in [0.3, 0.4) is 0 Å². The predicted molar refractivity (Wildman–Crippen MR) is 71.7 cm³/mol. The molecule has 1 heterocycles. The van der Waals surface area contributed by atoms with Crippen LogP contribution in [-0.2, 0) is 9.84 Å². The minimum Gasteiger partial charge on any atom is -0.474 e. The maximum Gasteiger partial charge on any atom is 0.253 e. The molecule has 2 fully saturated rings. The lowest BCUT2D eigenvalue weighted by molar-refractivity contribution is 0.102. The van der Waals surface area contributed by atoms with Crippen LogP contribution in [0.4, 0.5) is 0 Å². The maximum atomic E-state index is 11.6. The minimum absolute atomic E-state index is 0.133. The lowest BCUT2D eigenvalue weighted by atomic mass is 9.96. The van der Waals surface area contributed by atoms with Crippen LogP contribution in [-0.4, -0.2) is 36.8 Å². The standard InChI is InChI=1S/C13H18N2O4S/c1-20(16,17)13-14-11(18-9-4-2-5-9)8-12(15-13)19-10-6-3-7-10/h8-10H,2-7H2,1H3. The number of hydrogen-bond acceptors (Lipinski definition) is 6. The highest BCUT2D eigenvalue weighted by Crippen LogP contribution is 2.29. The summed E-state index contributed by atoms with van der Waals surface area (Å²) in [6.07, 6.45) is 7.56. The van der Waals surface area contributed by atoms with E-state index in [0.717, 1.165) is 44.8 Å². The molecule has 0 bridgehead atoms. The zero-order valence-corrected chi connectivity index (χ0v) is 12.2. The summed E-state index contributed by atoms with van der Waals surface area (Å²) in [5, 5.41) is -0.233. The molecule has 0 saturated heterocycles. The molecule has 0 unspecified atom stereocenters. The van der Waals surface area contributed by atoms with Crippen molar-refractivity contribution in [2.75, 3.05) is 6.26 Å². The molecule has 0 aromatic carbocycles. The largest absolute Gasteiger partial charge is 0.474 e. The number of aromatic nitrogens is 2. The summed E-state index contributed by atoms with van der Waals surface area (Å²) < 4.78 is 34.6. The Hall–Kier alpha value is -1.37. The third kappa shape index (κ3) is 3.03. The molecule has 0 aliphatic heterocycles. The van der Waals surface area contributed by atoms with Gasteiger partial charge in [0.15, 0.2) is 0 Å². The Bertz CT molecular complexity index is 560. The van der Waals surface area contributed by atoms with Crippen molar-refractivity contribution in [3.8, 4) is 11.8 Å². The van der Waals surface area contributed by atoms with Crippen LogP contribution in [0.5, 0.6) is 11.8 Å². The first-order valence-electron chi connectivity index (χ1n) is 6.93. The normalized spacial score (nSPS) is 20.1. The van der Waals surface area contributed by atoms with Crippen LogP contribution in [0.25, 0.3) is 0 Å². The maximum absolute atomic E-state index is 11.6. The monoisotopic (exact) mass is 298 g/mol. The van der Waals surface area contributed by atoms with Gasteiger partial charge in [-0.25, -0.2) is 8.42 Å². The summed E-state index contributed by atoms with van der Waals surface area (Å²) in [4.78, 5) is 7.95. The van der Waals surface area contributed by atoms with Crippen LogP contribution in [0, 0.1) is 0 Å². The lowest BCUT2D eigenvalue weighted by Gasteiger charge is -2.27. The van der Waals surface area contributed by atoms with Gasteiger partial charge in [0.2, 0.25) is 21.6 Å². The second kappa shape index (κ2) is 5.20. The van der Waals surface area contributed by atoms with Crippen LogP contribution < -0.4 is 9.47 Å². The van der Waals surface area contributed by atoms with E-state index in [1.54, 1.807) is 6.07 Å². The predicted octanol–water partition coefficient (Wildman–Crippen LogP) is 1.74. The third-order valence-electron chi connectivity index (χ3n) is 3.67. The van der Waals surface area contributed by atoms with E-state index in [4.69, 9.17) is 9.47 Å². The first kappa shape index (κ1) is 13.6. The topological polar surface area (TPSA) is 78.4 Å². The smallest absolute Gasteiger partial charge is 0.253 e. The molecule has 2 aliphatic rings. The van der Waals surface area contributed by atoms with Crippen LogP contribution in [0.1, 0.15) is 38.5 Å². The van der Waals surface area contributed by atoms with Crippen molar-refractivity contribution in [3.05, 3.63) is 6.07 Å². The van der Waals surface area contributed by atoms with Gasteiger partial charge in [0.1, 0.15) is 12.2 Å². The molecule has 0 atom stereocenters. The molecule has 0 N–H and O–H groups in total. The Morgan fingerprint density at radius 3 is 1.75 bits per heavy atom. The van der Waals surface area contributed by atoms with E-state index in [2.05, 4.69) is 9.97 Å². The zero-order chi connectivity index (χ0) is 14.2. The van der Waals surface area contributed by atoms with E-state index in [-0.39, 0.29) is 17.4 Å². The van der Waals surface area contributed by atoms with E-state index in [1.807, 2.05) is 0 Å². The average molecular weight is 298 g/mol. The number of hydrogen-bond donors (Lipinski definition) is 0. The summed E-state index contributed by atoms with van der Waals surface area (Å²) in [5.74, 6) is 0.582. The van der Waals surface area contributed by atoms with Crippen molar-refractivity contribution in [1.82, 2.24) is 9.97 Å². The minimum atomic E-state index is -3.48. The van der Waals surface area contributed by atoms with E-state index >= 15 is 0 Å². The molecule has 2 saturated carbocycles. The Labute approximate surface area is 118 Å². The third-order valence-corrected chi connectivity index (χ3v) is 4.52. The van der Waals surface area contributed by atoms with Gasteiger partial charge in [0.05, 0.1) is 6.07 Å². The van der Waals surface area contributed by atoms with Crippen LogP contribution in [0.2, 0.25) is 0 Å². The molecule has 3 rings (SSSR count). The van der Waals surface area contributed by atoms with Crippen molar-refractivity contribution in [2.24, 2.45) is 0 Å². The van der Waals surface area contributed by atoms with Gasteiger partial charge in [-0.05, 0) is 38.5 Å². The second-order valence-corrected chi connectivity index (χ2v) is 7.35. The highest BCUT2D eigenvalue weighted by Gasteiger charge is 2.24. The first-order valence-corrected chi connectivity index (χ1v) is 8.82. The molecule has 6 nitrogen and oxygen atoms in total. The van der Waals surface area contributed by atoms with E-state index in [0.29, 0.717) is 11.8 Å². The van der Waals surface area contributed by atoms with E-state index < -0.39 is 9.84 Å². The number of ether oxygens (including phenoxy) is 2. The van der Waals surface area contributed by atoms with E-state index in [9.17, 15) is 8.42 Å². The molecule has 20 heavy (non-hydrogen) atoms. The van der Waals surface area contributed by atoms with Crippen LogP contribution >= 0.6 is 0 Å². The molecular weight excluding hydrogens is 280 g/mol. The Morgan fingerprint density at radius 1 is 1.00 bits per heavy atom. The summed E-state index contributed by atoms with van der Waals surface area (Å²) in [6, 6.07) is 1.59. The van der Waals surface area contributed by atoms with Gasteiger partial charge in [-0.3, -0.25) is 0 Å². The van der Waals surface area contributed by atoms with Gasteiger partial charge in [-0.1, -0.05) is 0 Å². The van der Waals surface area contributed by atoms with Crippen molar-refractivity contribution >= 4 is 9.84 Å². The molecule has 110 valence electrons. The second-order valence-electron chi connectivity index (χ2n) is 5.44. The molecule has 7 heteroatoms. The van der Waals surface area contributed by atoms with Crippen LogP contribution in [0.15, 0.2) is 11.2 Å². The van der Waals surface area contributed by atoms with Gasteiger partial charge in [-0.2, -0.15) is 9.97 Å². The lowest BCUT2D eigenvalue weighted by Crippen LogP contribution is -2.27. The van der Waals surface area contributed by atoms with Crippen molar-refractivity contribution in [1.29, 1.82) is 0 Å². The Balaban J connectivity index is 1.85. The summed E-state index contributed by atoms with van der Waals surface area (Å²) >= 11 is 0. The summed E-state index contributed by atoms with van der Waals surface area (Å²) in [6.45, 7) is 0. The SMILES string of the molecule is CS(=O)(=O)c1nc(OC2CCC2)cc(OC2CCC2)n1. The quantitative estimate of drug-likeness (QED) is 0.771. The highest BCUT2D eigenvalue weighted by atomic mass is 32.2. The van der Waals surface area contributed by atoms with Crippen molar-refractivity contribution < 1.29 is 17.9 Å². The fourth-order valence-electron chi connectivity index (χ4n) is 1.99. The number of sulfone groups is 1. The summed E-state index contributed by atoms with van der Waals surface area (Å²) in [7, 11) is -3.48. The van der Waals surface area contributed by atoms with E-state index in [1.165, 1.54) is 0 Å². The highest BCUT2D eigenvalue weighted by molar-refractivity contribution is 7.90. The number of rotatable bonds is 5. The molecule has 1 aromatic rings. The van der Waals surface area contributed by atoms with Gasteiger partial charge < -0.3 is 9.47 Å². The first-order chi connectivity index (χ1) is 9.50. The Morgan fingerprint density at radius 2 is 1.45 bits per heavy atom. The average Bonchev–Trinajstić information content (AvgIpc) is 2.27. The van der Waals surface area contributed by atoms with Gasteiger partial charge in [0.25, 0.3) is 5.16 Å². The van der Waals surface area contributed by atoms with Crippen molar-refractivity contribution in [3.63, 3.8) is 0 Å². The Kier molecular flexibility index (Phi) is 3.54. The number of nitrogens with zero attached hydrogens (tertiary/aromatic N) is 2. The molecule has 0 amide bonds. The zero-order valence-electron chi connectivity index (χ0n) is 11.4. The fraction of sp³-hybridized carbons (Fsp3) is 0.692. The van der Waals surface area contributed by atoms with Gasteiger partial charge >= 0.3 is 0 Å². The molecule has 1 aromatic heterocycles. The summed E-state index contributed by atoms with van der Waals surface area (Å²) in [5.41, 5.74) is 0. The molecule has 0 spiro atoms.